The number of aryl methyl sites for hydroxylation is 3. The van der Waals surface area contributed by atoms with Crippen LogP contribution >= 0.6 is 22.9 Å². The summed E-state index contributed by atoms with van der Waals surface area (Å²) >= 11 is 8.05. The molecular weight excluding hydrogens is 302 g/mol. The van der Waals surface area contributed by atoms with Crippen molar-refractivity contribution in [3.05, 3.63) is 39.4 Å². The lowest BCUT2D eigenvalue weighted by Gasteiger charge is -2.07. The summed E-state index contributed by atoms with van der Waals surface area (Å²) < 4.78 is 0. The van der Waals surface area contributed by atoms with Crippen LogP contribution < -0.4 is 5.32 Å². The van der Waals surface area contributed by atoms with Crippen molar-refractivity contribution in [2.24, 2.45) is 0 Å². The zero-order chi connectivity index (χ0) is 15.1. The molecule has 2 heterocycles. The number of fused-ring (bicyclic) bond motifs is 1. The molecule has 2 aromatic heterocycles. The number of hydrogen-bond acceptors (Lipinski definition) is 4. The first-order valence-electron chi connectivity index (χ1n) is 6.73. The molecule has 0 fully saturated rings. The number of rotatable bonds is 2. The molecule has 21 heavy (non-hydrogen) atoms. The Hall–Kier alpha value is -1.65. The topological polar surface area (TPSA) is 37.8 Å². The van der Waals surface area contributed by atoms with E-state index >= 15 is 0 Å². The number of halogens is 1. The van der Waals surface area contributed by atoms with E-state index in [0.717, 1.165) is 15.8 Å². The third-order valence-corrected chi connectivity index (χ3v) is 4.98. The molecule has 0 saturated heterocycles. The van der Waals surface area contributed by atoms with Gasteiger partial charge in [0, 0.05) is 17.5 Å². The van der Waals surface area contributed by atoms with Crippen molar-refractivity contribution in [1.29, 1.82) is 0 Å². The third-order valence-electron chi connectivity index (χ3n) is 3.70. The summed E-state index contributed by atoms with van der Waals surface area (Å²) in [7, 11) is 1.79. The summed E-state index contributed by atoms with van der Waals surface area (Å²) in [6.07, 6.45) is 0. The van der Waals surface area contributed by atoms with E-state index in [1.807, 2.05) is 0 Å². The summed E-state index contributed by atoms with van der Waals surface area (Å²) in [4.78, 5) is 11.0. The van der Waals surface area contributed by atoms with Crippen LogP contribution in [-0.2, 0) is 0 Å². The van der Waals surface area contributed by atoms with Crippen molar-refractivity contribution in [2.45, 2.75) is 20.8 Å². The van der Waals surface area contributed by atoms with Gasteiger partial charge in [0.25, 0.3) is 0 Å². The molecule has 108 valence electrons. The molecule has 3 rings (SSSR count). The van der Waals surface area contributed by atoms with Crippen LogP contribution in [0, 0.1) is 20.8 Å². The van der Waals surface area contributed by atoms with Gasteiger partial charge in [0.15, 0.2) is 0 Å². The van der Waals surface area contributed by atoms with Crippen LogP contribution in [-0.4, -0.2) is 17.0 Å². The first-order valence-corrected chi connectivity index (χ1v) is 7.92. The predicted octanol–water partition coefficient (Wildman–Crippen LogP) is 4.98. The molecule has 0 bridgehead atoms. The van der Waals surface area contributed by atoms with E-state index in [4.69, 9.17) is 11.6 Å². The zero-order valence-electron chi connectivity index (χ0n) is 12.4. The molecule has 3 nitrogen and oxygen atoms in total. The molecule has 0 radical (unpaired) electrons. The number of anilines is 1. The van der Waals surface area contributed by atoms with Gasteiger partial charge in [0.05, 0.1) is 5.39 Å². The minimum atomic E-state index is 0.502. The van der Waals surface area contributed by atoms with Crippen molar-refractivity contribution in [2.75, 3.05) is 12.4 Å². The number of nitrogens with one attached hydrogen (secondary N) is 1. The fourth-order valence-electron chi connectivity index (χ4n) is 2.43. The Morgan fingerprint density at radius 2 is 1.86 bits per heavy atom. The smallest absolute Gasteiger partial charge is 0.225 e. The molecule has 1 N–H and O–H groups in total. The molecule has 0 saturated carbocycles. The Kier molecular flexibility index (Phi) is 3.59. The van der Waals surface area contributed by atoms with Gasteiger partial charge < -0.3 is 5.32 Å². The van der Waals surface area contributed by atoms with E-state index < -0.39 is 0 Å². The highest BCUT2D eigenvalue weighted by Crippen LogP contribution is 2.41. The third kappa shape index (κ3) is 2.39. The number of aromatic nitrogens is 2. The van der Waals surface area contributed by atoms with Crippen LogP contribution in [0.3, 0.4) is 0 Å². The van der Waals surface area contributed by atoms with Gasteiger partial charge in [-0.15, -0.1) is 11.3 Å². The lowest BCUT2D eigenvalue weighted by Crippen LogP contribution is -1.96. The Labute approximate surface area is 133 Å². The molecule has 1 aromatic carbocycles. The summed E-state index contributed by atoms with van der Waals surface area (Å²) in [5, 5.41) is 4.39. The molecule has 0 amide bonds. The van der Waals surface area contributed by atoms with Gasteiger partial charge in [0.1, 0.15) is 9.98 Å². The fraction of sp³-hybridized carbons (Fsp3) is 0.250. The SMILES string of the molecule is CNc1nc(Cl)c2c(-c3ccc(C)c(C)c3)c(C)sc2n1. The quantitative estimate of drug-likeness (QED) is 0.677. The average molecular weight is 318 g/mol. The van der Waals surface area contributed by atoms with Crippen LogP contribution in [0.2, 0.25) is 5.15 Å². The molecule has 0 unspecified atom stereocenters. The van der Waals surface area contributed by atoms with E-state index in [0.29, 0.717) is 11.1 Å². The highest BCUT2D eigenvalue weighted by atomic mass is 35.5. The van der Waals surface area contributed by atoms with E-state index in [1.165, 1.54) is 21.6 Å². The largest absolute Gasteiger partial charge is 0.357 e. The van der Waals surface area contributed by atoms with Gasteiger partial charge >= 0.3 is 0 Å². The van der Waals surface area contributed by atoms with Gasteiger partial charge in [-0.05, 0) is 37.5 Å². The minimum absolute atomic E-state index is 0.502. The maximum atomic E-state index is 6.40. The Morgan fingerprint density at radius 3 is 2.52 bits per heavy atom. The van der Waals surface area contributed by atoms with Crippen molar-refractivity contribution < 1.29 is 0 Å². The fourth-order valence-corrected chi connectivity index (χ4v) is 3.79. The molecule has 0 aliphatic carbocycles. The Bertz CT molecular complexity index is 839. The normalized spacial score (nSPS) is 11.1. The standard InChI is InChI=1S/C16H16ClN3S/c1-8-5-6-11(7-9(8)2)12-10(3)21-15-13(12)14(17)19-16(18-4)20-15/h5-7H,1-4H3,(H,18,19,20). The summed E-state index contributed by atoms with van der Waals surface area (Å²) in [5.41, 5.74) is 4.88. The highest BCUT2D eigenvalue weighted by Gasteiger charge is 2.17. The molecular formula is C16H16ClN3S. The van der Waals surface area contributed by atoms with Gasteiger partial charge in [-0.1, -0.05) is 29.8 Å². The van der Waals surface area contributed by atoms with E-state index in [1.54, 1.807) is 18.4 Å². The number of nitrogens with zero attached hydrogens (tertiary/aromatic N) is 2. The molecule has 0 aliphatic rings. The van der Waals surface area contributed by atoms with Gasteiger partial charge in [-0.2, -0.15) is 0 Å². The lowest BCUT2D eigenvalue weighted by atomic mass is 9.99. The molecule has 0 spiro atoms. The number of hydrogen-bond donors (Lipinski definition) is 1. The minimum Gasteiger partial charge on any atom is -0.357 e. The molecule has 5 heteroatoms. The number of benzene rings is 1. The van der Waals surface area contributed by atoms with E-state index in [-0.39, 0.29) is 0 Å². The monoisotopic (exact) mass is 317 g/mol. The van der Waals surface area contributed by atoms with Crippen molar-refractivity contribution in [3.63, 3.8) is 0 Å². The zero-order valence-corrected chi connectivity index (χ0v) is 14.0. The van der Waals surface area contributed by atoms with Crippen molar-refractivity contribution >= 4 is 39.1 Å². The summed E-state index contributed by atoms with van der Waals surface area (Å²) in [5.74, 6) is 0.556. The first kappa shape index (κ1) is 14.3. The second kappa shape index (κ2) is 5.28. The average Bonchev–Trinajstić information content (AvgIpc) is 2.78. The van der Waals surface area contributed by atoms with Gasteiger partial charge in [-0.25, -0.2) is 9.97 Å². The predicted molar refractivity (Wildman–Crippen MR) is 91.6 cm³/mol. The summed E-state index contributed by atoms with van der Waals surface area (Å²) in [6.45, 7) is 6.35. The first-order chi connectivity index (χ1) is 10.0. The maximum absolute atomic E-state index is 6.40. The van der Waals surface area contributed by atoms with Gasteiger partial charge in [-0.3, -0.25) is 0 Å². The van der Waals surface area contributed by atoms with Crippen LogP contribution in [0.4, 0.5) is 5.95 Å². The van der Waals surface area contributed by atoms with E-state index in [2.05, 4.69) is 54.3 Å². The van der Waals surface area contributed by atoms with Crippen molar-refractivity contribution in [1.82, 2.24) is 9.97 Å². The maximum Gasteiger partial charge on any atom is 0.225 e. The van der Waals surface area contributed by atoms with Crippen LogP contribution in [0.15, 0.2) is 18.2 Å². The number of thiophene rings is 1. The molecule has 0 atom stereocenters. The van der Waals surface area contributed by atoms with Crippen LogP contribution in [0.5, 0.6) is 0 Å². The van der Waals surface area contributed by atoms with Crippen LogP contribution in [0.25, 0.3) is 21.3 Å². The van der Waals surface area contributed by atoms with Gasteiger partial charge in [0.2, 0.25) is 5.95 Å². The van der Waals surface area contributed by atoms with Crippen LogP contribution in [0.1, 0.15) is 16.0 Å². The Morgan fingerprint density at radius 1 is 1.10 bits per heavy atom. The second-order valence-electron chi connectivity index (χ2n) is 5.10. The second-order valence-corrected chi connectivity index (χ2v) is 6.66. The van der Waals surface area contributed by atoms with Crippen molar-refractivity contribution in [3.8, 4) is 11.1 Å². The Balaban J connectivity index is 2.31. The summed E-state index contributed by atoms with van der Waals surface area (Å²) in [6, 6.07) is 6.48. The van der Waals surface area contributed by atoms with E-state index in [9.17, 15) is 0 Å². The highest BCUT2D eigenvalue weighted by molar-refractivity contribution is 7.19. The lowest BCUT2D eigenvalue weighted by molar-refractivity contribution is 1.20. The molecule has 0 aliphatic heterocycles. The molecule has 3 aromatic rings.